The Morgan fingerprint density at radius 2 is 1.96 bits per heavy atom. The van der Waals surface area contributed by atoms with Crippen LogP contribution in [0.2, 0.25) is 5.02 Å². The first-order chi connectivity index (χ1) is 12.6. The van der Waals surface area contributed by atoms with Crippen molar-refractivity contribution >= 4 is 29.2 Å². The van der Waals surface area contributed by atoms with Crippen LogP contribution in [-0.4, -0.2) is 11.1 Å². The fourth-order valence-corrected chi connectivity index (χ4v) is 2.58. The van der Waals surface area contributed by atoms with E-state index in [1.807, 2.05) is 24.3 Å². The maximum absolute atomic E-state index is 10.9. The van der Waals surface area contributed by atoms with Gasteiger partial charge < -0.3 is 4.42 Å². The number of furan rings is 1. The van der Waals surface area contributed by atoms with E-state index in [4.69, 9.17) is 16.0 Å². The third-order valence-corrected chi connectivity index (χ3v) is 4.13. The van der Waals surface area contributed by atoms with Gasteiger partial charge in [-0.1, -0.05) is 30.7 Å². The highest BCUT2D eigenvalue weighted by atomic mass is 35.5. The number of non-ortho nitro benzene ring substituents is 1. The van der Waals surface area contributed by atoms with Crippen molar-refractivity contribution < 1.29 is 9.34 Å². The third-order valence-electron chi connectivity index (χ3n) is 3.80. The van der Waals surface area contributed by atoms with E-state index in [0.717, 1.165) is 12.1 Å². The average Bonchev–Trinajstić information content (AvgIpc) is 3.11. The van der Waals surface area contributed by atoms with Crippen LogP contribution in [0.5, 0.6) is 0 Å². The van der Waals surface area contributed by atoms with Gasteiger partial charge in [0.1, 0.15) is 11.5 Å². The SMILES string of the molecule is CCc1ccc(NN=Cc2ccc(-c3cc([N+](=O)[O-])ccc3Cl)o2)cc1. The minimum atomic E-state index is -0.473. The van der Waals surface area contributed by atoms with E-state index in [1.54, 1.807) is 12.1 Å². The summed E-state index contributed by atoms with van der Waals surface area (Å²) in [5.74, 6) is 0.938. The van der Waals surface area contributed by atoms with Crippen LogP contribution in [0, 0.1) is 10.1 Å². The second kappa shape index (κ2) is 7.84. The number of hydrogen-bond donors (Lipinski definition) is 1. The van der Waals surface area contributed by atoms with Gasteiger partial charge in [0.05, 0.1) is 21.8 Å². The number of rotatable bonds is 6. The van der Waals surface area contributed by atoms with Crippen LogP contribution in [0.1, 0.15) is 18.2 Å². The van der Waals surface area contributed by atoms with Crippen LogP contribution in [-0.2, 0) is 6.42 Å². The number of anilines is 1. The second-order valence-corrected chi connectivity index (χ2v) is 5.95. The molecule has 6 nitrogen and oxygen atoms in total. The van der Waals surface area contributed by atoms with Gasteiger partial charge in [0, 0.05) is 17.7 Å². The molecule has 0 aliphatic carbocycles. The quantitative estimate of drug-likeness (QED) is 0.352. The van der Waals surface area contributed by atoms with Crippen molar-refractivity contribution in [3.63, 3.8) is 0 Å². The van der Waals surface area contributed by atoms with Crippen molar-refractivity contribution in [1.82, 2.24) is 0 Å². The van der Waals surface area contributed by atoms with Gasteiger partial charge in [0.2, 0.25) is 0 Å². The number of halogens is 1. The molecular formula is C19H16ClN3O3. The van der Waals surface area contributed by atoms with Gasteiger partial charge in [-0.25, -0.2) is 0 Å². The molecule has 0 saturated heterocycles. The molecule has 0 saturated carbocycles. The molecule has 3 rings (SSSR count). The topological polar surface area (TPSA) is 80.7 Å². The molecule has 0 atom stereocenters. The molecule has 0 fully saturated rings. The molecule has 1 aromatic heterocycles. The summed E-state index contributed by atoms with van der Waals surface area (Å²) in [7, 11) is 0. The molecule has 0 radical (unpaired) electrons. The lowest BCUT2D eigenvalue weighted by atomic mass is 10.1. The molecular weight excluding hydrogens is 354 g/mol. The van der Waals surface area contributed by atoms with Gasteiger partial charge in [-0.15, -0.1) is 0 Å². The van der Waals surface area contributed by atoms with E-state index < -0.39 is 4.92 Å². The highest BCUT2D eigenvalue weighted by Gasteiger charge is 2.14. The number of nitro benzene ring substituents is 1. The highest BCUT2D eigenvalue weighted by Crippen LogP contribution is 2.32. The van der Waals surface area contributed by atoms with Crippen LogP contribution < -0.4 is 5.43 Å². The molecule has 3 aromatic rings. The molecule has 0 amide bonds. The van der Waals surface area contributed by atoms with Gasteiger partial charge in [0.25, 0.3) is 5.69 Å². The largest absolute Gasteiger partial charge is 0.455 e. The maximum Gasteiger partial charge on any atom is 0.270 e. The van der Waals surface area contributed by atoms with Crippen molar-refractivity contribution in [2.24, 2.45) is 5.10 Å². The molecule has 0 unspecified atom stereocenters. The Hall–Kier alpha value is -3.12. The summed E-state index contributed by atoms with van der Waals surface area (Å²) >= 11 is 6.13. The summed E-state index contributed by atoms with van der Waals surface area (Å²) in [6.45, 7) is 2.10. The monoisotopic (exact) mass is 369 g/mol. The van der Waals surface area contributed by atoms with Crippen LogP contribution >= 0.6 is 11.6 Å². The zero-order valence-corrected chi connectivity index (χ0v) is 14.7. The molecule has 0 spiro atoms. The molecule has 0 aliphatic heterocycles. The molecule has 1 N–H and O–H groups in total. The van der Waals surface area contributed by atoms with E-state index in [0.29, 0.717) is 22.1 Å². The summed E-state index contributed by atoms with van der Waals surface area (Å²) < 4.78 is 5.66. The fraction of sp³-hybridized carbons (Fsp3) is 0.105. The van der Waals surface area contributed by atoms with Crippen LogP contribution in [0.25, 0.3) is 11.3 Å². The maximum atomic E-state index is 10.9. The van der Waals surface area contributed by atoms with Crippen molar-refractivity contribution in [1.29, 1.82) is 0 Å². The fourth-order valence-electron chi connectivity index (χ4n) is 2.37. The molecule has 1 heterocycles. The molecule has 26 heavy (non-hydrogen) atoms. The molecule has 0 bridgehead atoms. The summed E-state index contributed by atoms with van der Waals surface area (Å²) in [6.07, 6.45) is 2.52. The van der Waals surface area contributed by atoms with Gasteiger partial charge in [-0.3, -0.25) is 15.5 Å². The Morgan fingerprint density at radius 1 is 1.19 bits per heavy atom. The van der Waals surface area contributed by atoms with E-state index >= 15 is 0 Å². The number of benzene rings is 2. The first kappa shape index (κ1) is 17.7. The summed E-state index contributed by atoms with van der Waals surface area (Å²) in [4.78, 5) is 10.4. The van der Waals surface area contributed by atoms with E-state index in [9.17, 15) is 10.1 Å². The standard InChI is InChI=1S/C19H16ClN3O3/c1-2-13-3-5-14(6-4-13)22-21-12-16-8-10-19(26-16)17-11-15(23(24)25)7-9-18(17)20/h3-12,22H,2H2,1H3. The molecule has 132 valence electrons. The number of aryl methyl sites for hydroxylation is 1. The van der Waals surface area contributed by atoms with Crippen LogP contribution in [0.15, 0.2) is 64.1 Å². The van der Waals surface area contributed by atoms with Crippen molar-refractivity contribution in [3.8, 4) is 11.3 Å². The smallest absolute Gasteiger partial charge is 0.270 e. The number of hydrogen-bond acceptors (Lipinski definition) is 5. The van der Waals surface area contributed by atoms with Gasteiger partial charge in [-0.2, -0.15) is 5.10 Å². The Kier molecular flexibility index (Phi) is 5.34. The van der Waals surface area contributed by atoms with Gasteiger partial charge >= 0.3 is 0 Å². The summed E-state index contributed by atoms with van der Waals surface area (Å²) in [5, 5.41) is 15.4. The Labute approximate surface area is 155 Å². The lowest BCUT2D eigenvalue weighted by molar-refractivity contribution is -0.384. The lowest BCUT2D eigenvalue weighted by Crippen LogP contribution is -1.90. The first-order valence-corrected chi connectivity index (χ1v) is 8.37. The number of nitro groups is 1. The molecule has 0 aliphatic rings. The zero-order valence-electron chi connectivity index (χ0n) is 14.0. The lowest BCUT2D eigenvalue weighted by Gasteiger charge is -2.01. The van der Waals surface area contributed by atoms with E-state index in [-0.39, 0.29) is 5.69 Å². The molecule has 7 heteroatoms. The first-order valence-electron chi connectivity index (χ1n) is 7.99. The van der Waals surface area contributed by atoms with Crippen LogP contribution in [0.3, 0.4) is 0 Å². The van der Waals surface area contributed by atoms with Crippen molar-refractivity contribution in [2.45, 2.75) is 13.3 Å². The third kappa shape index (κ3) is 4.10. The Bertz CT molecular complexity index is 949. The van der Waals surface area contributed by atoms with Gasteiger partial charge in [0.15, 0.2) is 0 Å². The highest BCUT2D eigenvalue weighted by molar-refractivity contribution is 6.33. The van der Waals surface area contributed by atoms with Crippen LogP contribution in [0.4, 0.5) is 11.4 Å². The minimum Gasteiger partial charge on any atom is -0.455 e. The minimum absolute atomic E-state index is 0.0480. The predicted octanol–water partition coefficient (Wildman–Crippen LogP) is 5.52. The Balaban J connectivity index is 1.73. The van der Waals surface area contributed by atoms with Crippen molar-refractivity contribution in [2.75, 3.05) is 5.43 Å². The number of nitrogens with zero attached hydrogens (tertiary/aromatic N) is 2. The van der Waals surface area contributed by atoms with Gasteiger partial charge in [-0.05, 0) is 42.3 Å². The second-order valence-electron chi connectivity index (χ2n) is 5.54. The number of nitrogens with one attached hydrogen (secondary N) is 1. The molecule has 2 aromatic carbocycles. The van der Waals surface area contributed by atoms with E-state index in [2.05, 4.69) is 17.5 Å². The average molecular weight is 370 g/mol. The summed E-state index contributed by atoms with van der Waals surface area (Å²) in [6, 6.07) is 15.6. The van der Waals surface area contributed by atoms with E-state index in [1.165, 1.54) is 30.0 Å². The normalized spacial score (nSPS) is 11.0. The number of hydrazone groups is 1. The Morgan fingerprint density at radius 3 is 2.65 bits per heavy atom. The van der Waals surface area contributed by atoms with Crippen molar-refractivity contribution in [3.05, 3.63) is 81.1 Å². The predicted molar refractivity (Wildman–Crippen MR) is 103 cm³/mol. The summed E-state index contributed by atoms with van der Waals surface area (Å²) in [5.41, 5.74) is 5.46. The zero-order chi connectivity index (χ0) is 18.5.